The van der Waals surface area contributed by atoms with Crippen molar-refractivity contribution in [3.63, 3.8) is 0 Å². The molecule has 2 aromatic rings. The third kappa shape index (κ3) is 3.43. The van der Waals surface area contributed by atoms with E-state index in [0.717, 1.165) is 36.2 Å². The predicted octanol–water partition coefficient (Wildman–Crippen LogP) is 3.12. The van der Waals surface area contributed by atoms with Gasteiger partial charge in [0.25, 0.3) is 5.91 Å². The summed E-state index contributed by atoms with van der Waals surface area (Å²) in [5.41, 5.74) is 5.02. The highest BCUT2D eigenvalue weighted by Crippen LogP contribution is 2.36. The lowest BCUT2D eigenvalue weighted by atomic mass is 9.89. The highest BCUT2D eigenvalue weighted by Gasteiger charge is 2.30. The fourth-order valence-electron chi connectivity index (χ4n) is 3.87. The first-order valence-corrected chi connectivity index (χ1v) is 9.16. The number of benzene rings is 2. The maximum Gasteiger partial charge on any atom is 0.255 e. The summed E-state index contributed by atoms with van der Waals surface area (Å²) in [6, 6.07) is 10.9. The Morgan fingerprint density at radius 1 is 0.963 bits per heavy atom. The van der Waals surface area contributed by atoms with Crippen LogP contribution in [0.1, 0.15) is 41.3 Å². The third-order valence-electron chi connectivity index (χ3n) is 4.98. The van der Waals surface area contributed by atoms with E-state index in [1.807, 2.05) is 17.0 Å². The Kier molecular flexibility index (Phi) is 4.39. The van der Waals surface area contributed by atoms with Crippen molar-refractivity contribution >= 4 is 34.8 Å². The Morgan fingerprint density at radius 3 is 2.41 bits per heavy atom. The molecule has 0 fully saturated rings. The number of carbonyl (C=O) groups excluding carboxylic acids is 3. The molecule has 0 bridgehead atoms. The molecule has 0 spiro atoms. The summed E-state index contributed by atoms with van der Waals surface area (Å²) in [5.74, 6) is -0.176. The number of hydrogen-bond acceptors (Lipinski definition) is 3. The zero-order chi connectivity index (χ0) is 19.0. The maximum atomic E-state index is 12.8. The average molecular weight is 363 g/mol. The van der Waals surface area contributed by atoms with Crippen LogP contribution in [0.15, 0.2) is 36.4 Å². The molecular formula is C21H21N3O3. The summed E-state index contributed by atoms with van der Waals surface area (Å²) in [6.07, 6.45) is 2.97. The molecule has 3 amide bonds. The van der Waals surface area contributed by atoms with Gasteiger partial charge in [-0.3, -0.25) is 14.4 Å². The van der Waals surface area contributed by atoms with E-state index in [9.17, 15) is 14.4 Å². The Hall–Kier alpha value is -3.15. The lowest BCUT2D eigenvalue weighted by molar-refractivity contribution is -0.119. The Morgan fingerprint density at radius 2 is 1.67 bits per heavy atom. The van der Waals surface area contributed by atoms with Crippen LogP contribution in [0, 0.1) is 0 Å². The zero-order valence-electron chi connectivity index (χ0n) is 15.2. The van der Waals surface area contributed by atoms with Gasteiger partial charge in [-0.15, -0.1) is 0 Å². The van der Waals surface area contributed by atoms with E-state index in [2.05, 4.69) is 10.6 Å². The summed E-state index contributed by atoms with van der Waals surface area (Å²) >= 11 is 0. The maximum absolute atomic E-state index is 12.8. The molecule has 2 heterocycles. The highest BCUT2D eigenvalue weighted by molar-refractivity contribution is 6.06. The molecule has 6 heteroatoms. The monoisotopic (exact) mass is 363 g/mol. The number of aryl methyl sites for hydroxylation is 2. The van der Waals surface area contributed by atoms with E-state index < -0.39 is 0 Å². The first-order valence-electron chi connectivity index (χ1n) is 9.16. The summed E-state index contributed by atoms with van der Waals surface area (Å²) in [5, 5.41) is 5.60. The predicted molar refractivity (Wildman–Crippen MR) is 104 cm³/mol. The van der Waals surface area contributed by atoms with Gasteiger partial charge in [-0.25, -0.2) is 0 Å². The molecule has 2 aliphatic rings. The second kappa shape index (κ2) is 6.87. The van der Waals surface area contributed by atoms with Gasteiger partial charge in [-0.05, 0) is 60.7 Å². The molecule has 27 heavy (non-hydrogen) atoms. The van der Waals surface area contributed by atoms with Crippen molar-refractivity contribution in [1.82, 2.24) is 0 Å². The minimum atomic E-state index is -0.192. The summed E-state index contributed by atoms with van der Waals surface area (Å²) in [6.45, 7) is 2.21. The molecule has 0 aliphatic carbocycles. The van der Waals surface area contributed by atoms with Gasteiger partial charge < -0.3 is 15.5 Å². The average Bonchev–Trinajstić information content (AvgIpc) is 2.64. The van der Waals surface area contributed by atoms with Gasteiger partial charge >= 0.3 is 0 Å². The Labute approximate surface area is 157 Å². The van der Waals surface area contributed by atoms with Gasteiger partial charge in [0.05, 0.1) is 5.69 Å². The van der Waals surface area contributed by atoms with Crippen LogP contribution in [-0.2, 0) is 22.4 Å². The van der Waals surface area contributed by atoms with Crippen LogP contribution in [0.4, 0.5) is 17.1 Å². The molecule has 4 rings (SSSR count). The quantitative estimate of drug-likeness (QED) is 0.879. The second-order valence-corrected chi connectivity index (χ2v) is 7.01. The number of anilines is 3. The molecule has 0 aromatic heterocycles. The van der Waals surface area contributed by atoms with Crippen molar-refractivity contribution < 1.29 is 14.4 Å². The zero-order valence-corrected chi connectivity index (χ0v) is 15.2. The van der Waals surface area contributed by atoms with Crippen LogP contribution in [0.5, 0.6) is 0 Å². The number of nitrogens with zero attached hydrogens (tertiary/aromatic N) is 1. The van der Waals surface area contributed by atoms with Crippen molar-refractivity contribution in [1.29, 1.82) is 0 Å². The Bertz CT molecular complexity index is 934. The number of nitrogens with one attached hydrogen (secondary N) is 2. The molecule has 0 atom stereocenters. The van der Waals surface area contributed by atoms with Crippen molar-refractivity contribution in [2.24, 2.45) is 0 Å². The van der Waals surface area contributed by atoms with Crippen LogP contribution in [0.3, 0.4) is 0 Å². The second-order valence-electron chi connectivity index (χ2n) is 7.01. The topological polar surface area (TPSA) is 78.5 Å². The fourth-order valence-corrected chi connectivity index (χ4v) is 3.87. The molecular weight excluding hydrogens is 342 g/mol. The van der Waals surface area contributed by atoms with E-state index >= 15 is 0 Å². The van der Waals surface area contributed by atoms with Crippen molar-refractivity contribution in [3.05, 3.63) is 53.1 Å². The third-order valence-corrected chi connectivity index (χ3v) is 4.98. The van der Waals surface area contributed by atoms with Gasteiger partial charge in [0.1, 0.15) is 0 Å². The molecule has 2 aromatic carbocycles. The first-order chi connectivity index (χ1) is 13.0. The summed E-state index contributed by atoms with van der Waals surface area (Å²) in [7, 11) is 0. The standard InChI is InChI=1S/C21H21N3O3/c1-13(25)22-17-5-2-6-18(12-17)23-21(27)16-10-14-4-3-9-24-19(26)8-7-15(11-16)20(14)24/h2,5-6,10-12H,3-4,7-9H2,1H3,(H,22,25)(H,23,27). The lowest BCUT2D eigenvalue weighted by Crippen LogP contribution is -2.39. The molecule has 2 N–H and O–H groups in total. The van der Waals surface area contributed by atoms with Gasteiger partial charge in [0.2, 0.25) is 11.8 Å². The van der Waals surface area contributed by atoms with Crippen LogP contribution >= 0.6 is 0 Å². The Balaban J connectivity index is 1.60. The molecule has 2 aliphatic heterocycles. The molecule has 138 valence electrons. The lowest BCUT2D eigenvalue weighted by Gasteiger charge is -2.35. The fraction of sp³-hybridized carbons (Fsp3) is 0.286. The van der Waals surface area contributed by atoms with Crippen LogP contribution in [0.2, 0.25) is 0 Å². The summed E-state index contributed by atoms with van der Waals surface area (Å²) < 4.78 is 0. The van der Waals surface area contributed by atoms with Gasteiger partial charge in [0, 0.05) is 36.8 Å². The van der Waals surface area contributed by atoms with Gasteiger partial charge in [-0.1, -0.05) is 6.07 Å². The van der Waals surface area contributed by atoms with Crippen LogP contribution in [-0.4, -0.2) is 24.3 Å². The number of amides is 3. The molecule has 0 unspecified atom stereocenters. The van der Waals surface area contributed by atoms with E-state index in [-0.39, 0.29) is 17.7 Å². The van der Waals surface area contributed by atoms with Crippen molar-refractivity contribution in [2.45, 2.75) is 32.6 Å². The molecule has 0 saturated carbocycles. The van der Waals surface area contributed by atoms with Crippen molar-refractivity contribution in [3.8, 4) is 0 Å². The van der Waals surface area contributed by atoms with Crippen molar-refractivity contribution in [2.75, 3.05) is 22.1 Å². The van der Waals surface area contributed by atoms with Crippen LogP contribution < -0.4 is 15.5 Å². The van der Waals surface area contributed by atoms with Gasteiger partial charge in [-0.2, -0.15) is 0 Å². The highest BCUT2D eigenvalue weighted by atomic mass is 16.2. The largest absolute Gasteiger partial charge is 0.326 e. The SMILES string of the molecule is CC(=O)Nc1cccc(NC(=O)c2cc3c4c(c2)CCC(=O)N4CCC3)c1. The smallest absolute Gasteiger partial charge is 0.255 e. The number of carbonyl (C=O) groups is 3. The van der Waals surface area contributed by atoms with Gasteiger partial charge in [0.15, 0.2) is 0 Å². The molecule has 0 saturated heterocycles. The number of hydrogen-bond donors (Lipinski definition) is 2. The molecule has 0 radical (unpaired) electrons. The van der Waals surface area contributed by atoms with E-state index in [0.29, 0.717) is 29.8 Å². The minimum absolute atomic E-state index is 0.161. The first kappa shape index (κ1) is 17.3. The minimum Gasteiger partial charge on any atom is -0.326 e. The van der Waals surface area contributed by atoms with Crippen LogP contribution in [0.25, 0.3) is 0 Å². The van der Waals surface area contributed by atoms with E-state index in [1.165, 1.54) is 6.92 Å². The summed E-state index contributed by atoms with van der Waals surface area (Å²) in [4.78, 5) is 38.0. The molecule has 6 nitrogen and oxygen atoms in total. The normalized spacial score (nSPS) is 15.1. The van der Waals surface area contributed by atoms with E-state index in [1.54, 1.807) is 24.3 Å². The van der Waals surface area contributed by atoms with E-state index in [4.69, 9.17) is 0 Å². The number of rotatable bonds is 3.